The lowest BCUT2D eigenvalue weighted by molar-refractivity contribution is -0.277. The van der Waals surface area contributed by atoms with Crippen LogP contribution in [0, 0.1) is 0 Å². The zero-order valence-corrected chi connectivity index (χ0v) is 16.9. The largest absolute Gasteiger partial charge is 0.508 e. The van der Waals surface area contributed by atoms with Crippen LogP contribution in [0.3, 0.4) is 0 Å². The van der Waals surface area contributed by atoms with Crippen molar-refractivity contribution in [1.82, 2.24) is 0 Å². The summed E-state index contributed by atoms with van der Waals surface area (Å²) in [6.07, 6.45) is -7.21. The van der Waals surface area contributed by atoms with E-state index >= 15 is 0 Å². The topological polar surface area (TPSA) is 138 Å². The Kier molecular flexibility index (Phi) is 5.78. The zero-order chi connectivity index (χ0) is 22.3. The number of hydrogen-bond acceptors (Lipinski definition) is 9. The Morgan fingerprint density at radius 1 is 0.871 bits per heavy atom. The van der Waals surface area contributed by atoms with Gasteiger partial charge < -0.3 is 44.5 Å². The number of phenols is 1. The fraction of sp³-hybridized carbons (Fsp3) is 0.364. The van der Waals surface area contributed by atoms with Gasteiger partial charge in [-0.25, -0.2) is 0 Å². The first-order valence-corrected chi connectivity index (χ1v) is 9.67. The summed E-state index contributed by atoms with van der Waals surface area (Å²) in [5.41, 5.74) is 0. The summed E-state index contributed by atoms with van der Waals surface area (Å²) >= 11 is 0. The van der Waals surface area contributed by atoms with Gasteiger partial charge in [0.1, 0.15) is 30.2 Å². The van der Waals surface area contributed by atoms with Crippen molar-refractivity contribution in [2.75, 3.05) is 20.8 Å². The number of aliphatic hydroxyl groups is 4. The molecule has 5 unspecified atom stereocenters. The summed E-state index contributed by atoms with van der Waals surface area (Å²) in [6.45, 7) is -0.578. The van der Waals surface area contributed by atoms with Gasteiger partial charge >= 0.3 is 0 Å². The van der Waals surface area contributed by atoms with Gasteiger partial charge in [0.2, 0.25) is 12.0 Å². The van der Waals surface area contributed by atoms with E-state index in [9.17, 15) is 25.5 Å². The minimum absolute atomic E-state index is 0.113. The van der Waals surface area contributed by atoms with Gasteiger partial charge in [-0.2, -0.15) is 0 Å². The molecule has 3 aromatic carbocycles. The molecule has 9 heteroatoms. The predicted molar refractivity (Wildman–Crippen MR) is 111 cm³/mol. The SMILES string of the molecule is COc1cc2ccc3cc(O)ccc3c2c(OC)c1OC1OC(CO)C(O)C(O)C1O. The Labute approximate surface area is 177 Å². The van der Waals surface area contributed by atoms with Crippen molar-refractivity contribution < 1.29 is 44.5 Å². The van der Waals surface area contributed by atoms with Crippen molar-refractivity contribution in [3.63, 3.8) is 0 Å². The molecule has 166 valence electrons. The lowest BCUT2D eigenvalue weighted by atomic mass is 9.99. The zero-order valence-electron chi connectivity index (χ0n) is 16.9. The molecule has 5 atom stereocenters. The second-order valence-electron chi connectivity index (χ2n) is 7.33. The Morgan fingerprint density at radius 2 is 1.61 bits per heavy atom. The van der Waals surface area contributed by atoms with E-state index in [0.29, 0.717) is 16.9 Å². The molecule has 3 aromatic rings. The van der Waals surface area contributed by atoms with Crippen molar-refractivity contribution in [3.8, 4) is 23.0 Å². The molecule has 9 nitrogen and oxygen atoms in total. The van der Waals surface area contributed by atoms with Gasteiger partial charge in [-0.3, -0.25) is 0 Å². The predicted octanol–water partition coefficient (Wildman–Crippen LogP) is 0.894. The maximum Gasteiger partial charge on any atom is 0.229 e. The molecule has 0 spiro atoms. The number of benzene rings is 3. The first kappa shape index (κ1) is 21.4. The molecule has 1 heterocycles. The second-order valence-corrected chi connectivity index (χ2v) is 7.33. The van der Waals surface area contributed by atoms with Crippen LogP contribution in [0.5, 0.6) is 23.0 Å². The Bertz CT molecular complexity index is 1100. The van der Waals surface area contributed by atoms with Gasteiger partial charge in [0, 0.05) is 5.39 Å². The highest BCUT2D eigenvalue weighted by Gasteiger charge is 2.45. The first-order chi connectivity index (χ1) is 14.9. The average molecular weight is 432 g/mol. The van der Waals surface area contributed by atoms with Crippen molar-refractivity contribution in [1.29, 1.82) is 0 Å². The molecule has 31 heavy (non-hydrogen) atoms. The van der Waals surface area contributed by atoms with Crippen LogP contribution >= 0.6 is 0 Å². The molecule has 0 aliphatic carbocycles. The number of fused-ring (bicyclic) bond motifs is 3. The molecule has 0 saturated carbocycles. The van der Waals surface area contributed by atoms with Gasteiger partial charge in [-0.05, 0) is 40.4 Å². The Morgan fingerprint density at radius 3 is 2.29 bits per heavy atom. The maximum atomic E-state index is 10.4. The standard InChI is InChI=1S/C22H24O9/c1-28-14-8-11-4-3-10-7-12(24)5-6-13(10)16(11)21(29-2)20(14)31-22-19(27)18(26)17(25)15(9-23)30-22/h3-8,15,17-19,22-27H,9H2,1-2H3. The van der Waals surface area contributed by atoms with Crippen LogP contribution < -0.4 is 14.2 Å². The molecular weight excluding hydrogens is 408 g/mol. The fourth-order valence-corrected chi connectivity index (χ4v) is 3.88. The molecule has 0 bridgehead atoms. The van der Waals surface area contributed by atoms with E-state index in [2.05, 4.69) is 0 Å². The van der Waals surface area contributed by atoms with Crippen molar-refractivity contribution in [3.05, 3.63) is 36.4 Å². The van der Waals surface area contributed by atoms with Crippen LogP contribution in [-0.4, -0.2) is 77.1 Å². The van der Waals surface area contributed by atoms with Crippen molar-refractivity contribution in [2.45, 2.75) is 30.7 Å². The molecule has 1 saturated heterocycles. The van der Waals surface area contributed by atoms with E-state index in [0.717, 1.165) is 16.2 Å². The molecule has 5 N–H and O–H groups in total. The highest BCUT2D eigenvalue weighted by atomic mass is 16.7. The van der Waals surface area contributed by atoms with Crippen LogP contribution in [-0.2, 0) is 4.74 Å². The summed E-state index contributed by atoms with van der Waals surface area (Å²) in [6, 6.07) is 10.4. The third kappa shape index (κ3) is 3.60. The summed E-state index contributed by atoms with van der Waals surface area (Å²) in [5, 5.41) is 52.7. The third-order valence-electron chi connectivity index (χ3n) is 5.49. The van der Waals surface area contributed by atoms with Crippen LogP contribution in [0.4, 0.5) is 0 Å². The Balaban J connectivity index is 1.87. The average Bonchev–Trinajstić information content (AvgIpc) is 2.78. The number of phenolic OH excluding ortho intramolecular Hbond substituents is 1. The maximum absolute atomic E-state index is 10.4. The number of hydrogen-bond donors (Lipinski definition) is 5. The van der Waals surface area contributed by atoms with E-state index in [4.69, 9.17) is 18.9 Å². The molecule has 0 amide bonds. The molecular formula is C22H24O9. The normalized spacial score (nSPS) is 26.2. The van der Waals surface area contributed by atoms with Crippen molar-refractivity contribution >= 4 is 21.5 Å². The van der Waals surface area contributed by atoms with Crippen LogP contribution in [0.15, 0.2) is 36.4 Å². The lowest BCUT2D eigenvalue weighted by Gasteiger charge is -2.39. The van der Waals surface area contributed by atoms with Crippen molar-refractivity contribution in [2.24, 2.45) is 0 Å². The van der Waals surface area contributed by atoms with Gasteiger partial charge in [0.25, 0.3) is 0 Å². The van der Waals surface area contributed by atoms with Gasteiger partial charge in [-0.1, -0.05) is 12.1 Å². The molecule has 0 radical (unpaired) electrons. The molecule has 4 rings (SSSR count). The Hall–Kier alpha value is -2.82. The second kappa shape index (κ2) is 8.37. The lowest BCUT2D eigenvalue weighted by Crippen LogP contribution is -2.60. The molecule has 1 aliphatic heterocycles. The summed E-state index contributed by atoms with van der Waals surface area (Å²) in [4.78, 5) is 0. The van der Waals surface area contributed by atoms with Gasteiger partial charge in [-0.15, -0.1) is 0 Å². The van der Waals surface area contributed by atoms with E-state index in [-0.39, 0.29) is 11.5 Å². The van der Waals surface area contributed by atoms with E-state index in [1.54, 1.807) is 24.3 Å². The molecule has 1 fully saturated rings. The van der Waals surface area contributed by atoms with Gasteiger partial charge in [0.05, 0.1) is 20.8 Å². The fourth-order valence-electron chi connectivity index (χ4n) is 3.88. The van der Waals surface area contributed by atoms with E-state index in [1.165, 1.54) is 14.2 Å². The number of aromatic hydroxyl groups is 1. The number of methoxy groups -OCH3 is 2. The number of rotatable bonds is 5. The molecule has 1 aliphatic rings. The quantitative estimate of drug-likeness (QED) is 0.372. The van der Waals surface area contributed by atoms with Crippen LogP contribution in [0.25, 0.3) is 21.5 Å². The third-order valence-corrected chi connectivity index (χ3v) is 5.49. The highest BCUT2D eigenvalue weighted by molar-refractivity contribution is 6.12. The van der Waals surface area contributed by atoms with Gasteiger partial charge in [0.15, 0.2) is 11.5 Å². The molecule has 0 aromatic heterocycles. The van der Waals surface area contributed by atoms with Crippen LogP contribution in [0.2, 0.25) is 0 Å². The van der Waals surface area contributed by atoms with Crippen LogP contribution in [0.1, 0.15) is 0 Å². The monoisotopic (exact) mass is 432 g/mol. The van der Waals surface area contributed by atoms with E-state index < -0.39 is 37.3 Å². The highest BCUT2D eigenvalue weighted by Crippen LogP contribution is 2.47. The minimum atomic E-state index is -1.59. The summed E-state index contributed by atoms with van der Waals surface area (Å²) in [5.74, 6) is 0.821. The van der Waals surface area contributed by atoms with E-state index in [1.807, 2.05) is 12.1 Å². The number of aliphatic hydroxyl groups excluding tert-OH is 4. The first-order valence-electron chi connectivity index (χ1n) is 9.67. The number of ether oxygens (including phenoxy) is 4. The minimum Gasteiger partial charge on any atom is -0.508 e. The summed E-state index contributed by atoms with van der Waals surface area (Å²) in [7, 11) is 2.90. The summed E-state index contributed by atoms with van der Waals surface area (Å²) < 4.78 is 22.5. The smallest absolute Gasteiger partial charge is 0.229 e.